The summed E-state index contributed by atoms with van der Waals surface area (Å²) in [5, 5.41) is 4.66. The molecule has 1 atom stereocenters. The Kier molecular flexibility index (Phi) is 5.85. The van der Waals surface area contributed by atoms with Crippen LogP contribution in [0.3, 0.4) is 0 Å². The second-order valence-corrected chi connectivity index (χ2v) is 11.3. The molecular weight excluding hydrogens is 452 g/mol. The second-order valence-electron chi connectivity index (χ2n) is 9.04. The Morgan fingerprint density at radius 1 is 1.00 bits per heavy atom. The maximum Gasteiger partial charge on any atom is 0.274 e. The number of anilines is 1. The number of hydrogen-bond donors (Lipinski definition) is 0. The molecule has 0 radical (unpaired) electrons. The van der Waals surface area contributed by atoms with Gasteiger partial charge < -0.3 is 9.80 Å². The van der Waals surface area contributed by atoms with Crippen LogP contribution in [0.2, 0.25) is 0 Å². The molecule has 2 aliphatic heterocycles. The monoisotopic (exact) mass is 480 g/mol. The molecule has 34 heavy (non-hydrogen) atoms. The lowest BCUT2D eigenvalue weighted by molar-refractivity contribution is 0.0739. The molecule has 9 nitrogen and oxygen atoms in total. The van der Waals surface area contributed by atoms with Crippen molar-refractivity contribution < 1.29 is 13.2 Å². The minimum Gasteiger partial charge on any atom is -0.337 e. The number of sulfone groups is 1. The molecule has 10 heteroatoms. The lowest BCUT2D eigenvalue weighted by Gasteiger charge is -2.34. The molecule has 0 bridgehead atoms. The van der Waals surface area contributed by atoms with E-state index in [1.807, 2.05) is 25.1 Å². The molecule has 0 aliphatic carbocycles. The van der Waals surface area contributed by atoms with Gasteiger partial charge in [0.2, 0.25) is 5.95 Å². The summed E-state index contributed by atoms with van der Waals surface area (Å²) in [4.78, 5) is 25.8. The van der Waals surface area contributed by atoms with Crippen LogP contribution in [-0.2, 0) is 9.84 Å². The normalized spacial score (nSPS) is 20.0. The van der Waals surface area contributed by atoms with Gasteiger partial charge in [0.05, 0.1) is 23.2 Å². The van der Waals surface area contributed by atoms with Gasteiger partial charge in [0.15, 0.2) is 15.5 Å². The quantitative estimate of drug-likeness (QED) is 0.565. The summed E-state index contributed by atoms with van der Waals surface area (Å²) in [5.41, 5.74) is 4.38. The number of carbonyl (C=O) groups is 1. The molecule has 1 amide bonds. The van der Waals surface area contributed by atoms with Gasteiger partial charge in [0.1, 0.15) is 0 Å². The van der Waals surface area contributed by atoms with Crippen LogP contribution in [0.25, 0.3) is 11.3 Å². The van der Waals surface area contributed by atoms with Crippen LogP contribution in [0.4, 0.5) is 5.95 Å². The zero-order chi connectivity index (χ0) is 23.9. The zero-order valence-electron chi connectivity index (χ0n) is 19.4. The van der Waals surface area contributed by atoms with Crippen LogP contribution >= 0.6 is 0 Å². The standard InChI is InChI=1S/C24H28N6O3S/c1-17-4-5-19(14-18(17)2)22-15-21(27-30(22)20-6-13-34(32,33)16-20)23(31)28-9-11-29(12-10-28)24-25-7-3-8-26-24/h3-5,7-8,14-15,20H,6,9-13,16H2,1-2H3/t20-/m1/s1. The van der Waals surface area contributed by atoms with Crippen molar-refractivity contribution in [2.75, 3.05) is 42.6 Å². The van der Waals surface area contributed by atoms with Gasteiger partial charge in [-0.2, -0.15) is 5.10 Å². The first-order valence-electron chi connectivity index (χ1n) is 11.5. The van der Waals surface area contributed by atoms with Crippen molar-refractivity contribution in [2.45, 2.75) is 26.3 Å². The van der Waals surface area contributed by atoms with E-state index in [0.717, 1.165) is 16.8 Å². The Labute approximate surface area is 199 Å². The SMILES string of the molecule is Cc1ccc(-c2cc(C(=O)N3CCN(c4ncccn4)CC3)nn2[C@@H]2CCS(=O)(=O)C2)cc1C. The molecule has 1 aromatic carbocycles. The van der Waals surface area contributed by atoms with Crippen LogP contribution in [0, 0.1) is 13.8 Å². The highest BCUT2D eigenvalue weighted by atomic mass is 32.2. The zero-order valence-corrected chi connectivity index (χ0v) is 20.2. The highest BCUT2D eigenvalue weighted by molar-refractivity contribution is 7.91. The topological polar surface area (TPSA) is 101 Å². The minimum absolute atomic E-state index is 0.0515. The Morgan fingerprint density at radius 3 is 2.38 bits per heavy atom. The molecule has 4 heterocycles. The fourth-order valence-electron chi connectivity index (χ4n) is 4.59. The number of benzene rings is 1. The predicted octanol–water partition coefficient (Wildman–Crippen LogP) is 2.28. The van der Waals surface area contributed by atoms with Crippen molar-refractivity contribution in [3.8, 4) is 11.3 Å². The van der Waals surface area contributed by atoms with Crippen LogP contribution in [0.1, 0.15) is 34.1 Å². The highest BCUT2D eigenvalue weighted by Crippen LogP contribution is 2.31. The summed E-state index contributed by atoms with van der Waals surface area (Å²) in [6.07, 6.45) is 3.93. The summed E-state index contributed by atoms with van der Waals surface area (Å²) in [6, 6.07) is 9.44. The van der Waals surface area contributed by atoms with Crippen LogP contribution in [0.5, 0.6) is 0 Å². The molecule has 0 N–H and O–H groups in total. The average molecular weight is 481 g/mol. The molecule has 2 fully saturated rings. The smallest absolute Gasteiger partial charge is 0.274 e. The van der Waals surface area contributed by atoms with E-state index in [1.54, 1.807) is 28.0 Å². The van der Waals surface area contributed by atoms with Gasteiger partial charge in [-0.25, -0.2) is 18.4 Å². The maximum atomic E-state index is 13.4. The molecule has 3 aromatic rings. The van der Waals surface area contributed by atoms with E-state index in [2.05, 4.69) is 33.0 Å². The molecule has 2 saturated heterocycles. The van der Waals surface area contributed by atoms with Gasteiger partial charge in [-0.15, -0.1) is 0 Å². The van der Waals surface area contributed by atoms with E-state index >= 15 is 0 Å². The van der Waals surface area contributed by atoms with Crippen molar-refractivity contribution >= 4 is 21.7 Å². The molecule has 2 aromatic heterocycles. The van der Waals surface area contributed by atoms with E-state index in [0.29, 0.717) is 44.2 Å². The minimum atomic E-state index is -3.09. The Morgan fingerprint density at radius 2 is 1.74 bits per heavy atom. The Balaban J connectivity index is 1.41. The van der Waals surface area contributed by atoms with Crippen molar-refractivity contribution in [1.82, 2.24) is 24.6 Å². The third kappa shape index (κ3) is 4.42. The van der Waals surface area contributed by atoms with Crippen LogP contribution in [0.15, 0.2) is 42.7 Å². The van der Waals surface area contributed by atoms with Crippen LogP contribution < -0.4 is 4.90 Å². The van der Waals surface area contributed by atoms with Gasteiger partial charge in [0.25, 0.3) is 5.91 Å². The third-order valence-corrected chi connectivity index (χ3v) is 8.46. The van der Waals surface area contributed by atoms with Crippen molar-refractivity contribution in [1.29, 1.82) is 0 Å². The third-order valence-electron chi connectivity index (χ3n) is 6.71. The van der Waals surface area contributed by atoms with Gasteiger partial charge in [0, 0.05) is 44.1 Å². The first kappa shape index (κ1) is 22.5. The molecule has 0 saturated carbocycles. The number of amides is 1. The molecule has 2 aliphatic rings. The average Bonchev–Trinajstić information content (AvgIpc) is 3.44. The molecule has 178 valence electrons. The first-order valence-corrected chi connectivity index (χ1v) is 13.3. The van der Waals surface area contributed by atoms with E-state index in [4.69, 9.17) is 0 Å². The van der Waals surface area contributed by atoms with Crippen molar-refractivity contribution in [3.63, 3.8) is 0 Å². The van der Waals surface area contributed by atoms with Crippen molar-refractivity contribution in [2.24, 2.45) is 0 Å². The maximum absolute atomic E-state index is 13.4. The number of piperazine rings is 1. The van der Waals surface area contributed by atoms with Gasteiger partial charge in [-0.05, 0) is 49.6 Å². The van der Waals surface area contributed by atoms with Crippen LogP contribution in [-0.4, -0.2) is 76.7 Å². The summed E-state index contributed by atoms with van der Waals surface area (Å²) in [7, 11) is -3.09. The summed E-state index contributed by atoms with van der Waals surface area (Å²) in [6.45, 7) is 6.46. The fraction of sp³-hybridized carbons (Fsp3) is 0.417. The second kappa shape index (κ2) is 8.83. The van der Waals surface area contributed by atoms with E-state index in [-0.39, 0.29) is 23.5 Å². The lowest BCUT2D eigenvalue weighted by Crippen LogP contribution is -2.49. The number of carbonyl (C=O) groups excluding carboxylic acids is 1. The number of hydrogen-bond acceptors (Lipinski definition) is 7. The summed E-state index contributed by atoms with van der Waals surface area (Å²) < 4.78 is 26.1. The predicted molar refractivity (Wildman–Crippen MR) is 130 cm³/mol. The van der Waals surface area contributed by atoms with Gasteiger partial charge >= 0.3 is 0 Å². The number of rotatable bonds is 4. The fourth-order valence-corrected chi connectivity index (χ4v) is 6.28. The number of aryl methyl sites for hydroxylation is 2. The van der Waals surface area contributed by atoms with E-state index in [1.165, 1.54) is 5.56 Å². The molecule has 0 spiro atoms. The largest absolute Gasteiger partial charge is 0.337 e. The molecule has 0 unspecified atom stereocenters. The molecular formula is C24H28N6O3S. The number of aromatic nitrogens is 4. The first-order chi connectivity index (χ1) is 16.3. The van der Waals surface area contributed by atoms with Gasteiger partial charge in [-0.1, -0.05) is 12.1 Å². The number of nitrogens with zero attached hydrogens (tertiary/aromatic N) is 6. The summed E-state index contributed by atoms with van der Waals surface area (Å²) in [5.74, 6) is 0.726. The van der Waals surface area contributed by atoms with Crippen molar-refractivity contribution in [3.05, 3.63) is 59.5 Å². The molecule has 5 rings (SSSR count). The van der Waals surface area contributed by atoms with E-state index < -0.39 is 9.84 Å². The van der Waals surface area contributed by atoms with E-state index in [9.17, 15) is 13.2 Å². The Hall–Kier alpha value is -3.27. The lowest BCUT2D eigenvalue weighted by atomic mass is 10.0. The Bertz CT molecular complexity index is 1310. The summed E-state index contributed by atoms with van der Waals surface area (Å²) >= 11 is 0. The van der Waals surface area contributed by atoms with Gasteiger partial charge in [-0.3, -0.25) is 9.48 Å². The highest BCUT2D eigenvalue weighted by Gasteiger charge is 2.33.